The second kappa shape index (κ2) is 5.76. The highest BCUT2D eigenvalue weighted by molar-refractivity contribution is 5.73. The van der Waals surface area contributed by atoms with Crippen molar-refractivity contribution in [1.29, 1.82) is 0 Å². The van der Waals surface area contributed by atoms with E-state index in [-0.39, 0.29) is 0 Å². The summed E-state index contributed by atoms with van der Waals surface area (Å²) in [5, 5.41) is 0. The summed E-state index contributed by atoms with van der Waals surface area (Å²) >= 11 is 0. The van der Waals surface area contributed by atoms with Gasteiger partial charge in [0.25, 0.3) is 0 Å². The molecule has 0 saturated carbocycles. The van der Waals surface area contributed by atoms with Crippen LogP contribution in [0.3, 0.4) is 0 Å². The van der Waals surface area contributed by atoms with Crippen molar-refractivity contribution in [3.8, 4) is 22.4 Å². The first-order valence-corrected chi connectivity index (χ1v) is 7.44. The van der Waals surface area contributed by atoms with Gasteiger partial charge in [0.2, 0.25) is 5.69 Å². The Hall–Kier alpha value is -2.41. The average molecular weight is 291 g/mol. The van der Waals surface area contributed by atoms with Gasteiger partial charge in [0.15, 0.2) is 6.20 Å². The van der Waals surface area contributed by atoms with E-state index in [0.29, 0.717) is 5.56 Å². The van der Waals surface area contributed by atoms with Crippen LogP contribution < -0.4 is 4.57 Å². The van der Waals surface area contributed by atoms with Crippen molar-refractivity contribution in [2.45, 2.75) is 20.7 Å². The molecule has 3 rings (SSSR count). The molecular formula is C21H22N+. The van der Waals surface area contributed by atoms with Gasteiger partial charge >= 0.3 is 0 Å². The van der Waals surface area contributed by atoms with Crippen molar-refractivity contribution in [2.24, 2.45) is 7.05 Å². The first kappa shape index (κ1) is 11.2. The summed E-state index contributed by atoms with van der Waals surface area (Å²) in [6.07, 6.45) is 1.73. The van der Waals surface area contributed by atoms with E-state index in [0.717, 1.165) is 27.9 Å². The Labute approximate surface area is 137 Å². The van der Waals surface area contributed by atoms with Gasteiger partial charge in [0.05, 0.1) is 0 Å². The van der Waals surface area contributed by atoms with Crippen molar-refractivity contribution < 1.29 is 8.68 Å². The molecule has 3 aromatic rings. The number of pyridine rings is 1. The molecule has 0 aliphatic carbocycles. The quantitative estimate of drug-likeness (QED) is 0.599. The van der Waals surface area contributed by atoms with Crippen LogP contribution in [0.1, 0.15) is 20.8 Å². The van der Waals surface area contributed by atoms with Crippen LogP contribution in [0, 0.1) is 20.7 Å². The summed E-state index contributed by atoms with van der Waals surface area (Å²) < 4.78 is 25.0. The first-order chi connectivity index (χ1) is 11.8. The fraction of sp³-hybridized carbons (Fsp3) is 0.190. The van der Waals surface area contributed by atoms with Gasteiger partial charge < -0.3 is 0 Å². The maximum Gasteiger partial charge on any atom is 0.212 e. The fourth-order valence-corrected chi connectivity index (χ4v) is 2.73. The minimum atomic E-state index is -2.10. The van der Waals surface area contributed by atoms with E-state index in [1.165, 1.54) is 5.56 Å². The summed E-state index contributed by atoms with van der Waals surface area (Å²) in [6.45, 7) is 1.85. The van der Waals surface area contributed by atoms with E-state index >= 15 is 0 Å². The third-order valence-corrected chi connectivity index (χ3v) is 4.10. The number of rotatable bonds is 2. The Bertz CT molecular complexity index is 912. The lowest BCUT2D eigenvalue weighted by Gasteiger charge is -2.10. The molecule has 0 aliphatic heterocycles. The largest absolute Gasteiger partial charge is 0.212 e. The van der Waals surface area contributed by atoms with E-state index in [4.69, 9.17) is 4.11 Å². The lowest BCUT2D eigenvalue weighted by molar-refractivity contribution is -0.660. The molecule has 0 spiro atoms. The summed E-state index contributed by atoms with van der Waals surface area (Å²) in [4.78, 5) is 0. The van der Waals surface area contributed by atoms with Gasteiger partial charge in [-0.2, -0.15) is 0 Å². The van der Waals surface area contributed by atoms with Crippen molar-refractivity contribution in [3.63, 3.8) is 0 Å². The van der Waals surface area contributed by atoms with Crippen LogP contribution in [0.2, 0.25) is 0 Å². The normalized spacial score (nSPS) is 13.3. The molecule has 0 aliphatic rings. The maximum absolute atomic E-state index is 7.69. The molecule has 110 valence electrons. The molecule has 0 radical (unpaired) electrons. The number of aromatic nitrogens is 1. The van der Waals surface area contributed by atoms with Crippen molar-refractivity contribution in [3.05, 3.63) is 77.5 Å². The number of benzene rings is 2. The van der Waals surface area contributed by atoms with E-state index in [1.807, 2.05) is 42.8 Å². The highest BCUT2D eigenvalue weighted by atomic mass is 14.9. The highest BCUT2D eigenvalue weighted by Crippen LogP contribution is 2.28. The van der Waals surface area contributed by atoms with Crippen molar-refractivity contribution >= 4 is 0 Å². The molecule has 0 saturated heterocycles. The Morgan fingerprint density at radius 3 is 2.32 bits per heavy atom. The Morgan fingerprint density at radius 1 is 0.818 bits per heavy atom. The molecule has 2 aromatic carbocycles. The molecule has 0 fully saturated rings. The molecule has 1 aromatic heterocycles. The van der Waals surface area contributed by atoms with Crippen LogP contribution >= 0.6 is 0 Å². The van der Waals surface area contributed by atoms with Crippen LogP contribution in [0.4, 0.5) is 0 Å². The molecule has 1 heterocycles. The predicted molar refractivity (Wildman–Crippen MR) is 92.7 cm³/mol. The van der Waals surface area contributed by atoms with Gasteiger partial charge in [-0.3, -0.25) is 0 Å². The van der Waals surface area contributed by atoms with Crippen LogP contribution in [0.5, 0.6) is 0 Å². The van der Waals surface area contributed by atoms with Gasteiger partial charge in [0, 0.05) is 21.3 Å². The predicted octanol–water partition coefficient (Wildman–Crippen LogP) is 4.77. The first-order valence-electron chi connectivity index (χ1n) is 8.94. The Kier molecular flexibility index (Phi) is 2.93. The van der Waals surface area contributed by atoms with Gasteiger partial charge in [-0.15, -0.1) is 0 Å². The standard InChI is InChI=1S/C21H22N/c1-15-10-11-19(18-8-6-5-7-9-18)13-20(15)21-12-16(2)17(3)14-22(21)4/h5-14H,1-4H3/q+1/i3D3. The third-order valence-electron chi connectivity index (χ3n) is 4.10. The molecule has 22 heavy (non-hydrogen) atoms. The molecule has 0 N–H and O–H groups in total. The highest BCUT2D eigenvalue weighted by Gasteiger charge is 2.15. The molecule has 0 amide bonds. The fourth-order valence-electron chi connectivity index (χ4n) is 2.73. The van der Waals surface area contributed by atoms with Crippen molar-refractivity contribution in [2.75, 3.05) is 0 Å². The molecule has 1 nitrogen and oxygen atoms in total. The second-order valence-electron chi connectivity index (χ2n) is 5.76. The zero-order valence-electron chi connectivity index (χ0n) is 16.2. The van der Waals surface area contributed by atoms with Crippen LogP contribution in [-0.4, -0.2) is 0 Å². The second-order valence-corrected chi connectivity index (χ2v) is 5.76. The van der Waals surface area contributed by atoms with Crippen LogP contribution in [-0.2, 0) is 7.05 Å². The Morgan fingerprint density at radius 2 is 1.59 bits per heavy atom. The monoisotopic (exact) mass is 291 g/mol. The van der Waals surface area contributed by atoms with E-state index < -0.39 is 6.85 Å². The molecule has 1 heteroatoms. The summed E-state index contributed by atoms with van der Waals surface area (Å²) in [5.74, 6) is 0. The van der Waals surface area contributed by atoms with E-state index in [9.17, 15) is 0 Å². The number of aryl methyl sites for hydroxylation is 4. The molecule has 0 bridgehead atoms. The van der Waals surface area contributed by atoms with Gasteiger partial charge in [-0.1, -0.05) is 42.5 Å². The number of hydrogen-bond acceptors (Lipinski definition) is 0. The molecular weight excluding hydrogens is 266 g/mol. The molecule has 0 atom stereocenters. The summed E-state index contributed by atoms with van der Waals surface area (Å²) in [6, 6.07) is 18.6. The van der Waals surface area contributed by atoms with Crippen LogP contribution in [0.25, 0.3) is 22.4 Å². The maximum atomic E-state index is 7.69. The minimum absolute atomic E-state index is 0.399. The zero-order valence-corrected chi connectivity index (χ0v) is 13.2. The average Bonchev–Trinajstić information content (AvgIpc) is 2.57. The topological polar surface area (TPSA) is 3.88 Å². The molecule has 0 unspecified atom stereocenters. The van der Waals surface area contributed by atoms with Gasteiger partial charge in [-0.05, 0) is 49.0 Å². The van der Waals surface area contributed by atoms with Crippen LogP contribution in [0.15, 0.2) is 60.8 Å². The third kappa shape index (κ3) is 2.67. The van der Waals surface area contributed by atoms with Gasteiger partial charge in [0.1, 0.15) is 7.05 Å². The van der Waals surface area contributed by atoms with E-state index in [1.54, 1.807) is 6.20 Å². The lowest BCUT2D eigenvalue weighted by atomic mass is 9.96. The van der Waals surface area contributed by atoms with E-state index in [2.05, 4.69) is 37.3 Å². The lowest BCUT2D eigenvalue weighted by Crippen LogP contribution is -2.31. The minimum Gasteiger partial charge on any atom is -0.201 e. The SMILES string of the molecule is [2H]C([2H])([2H])c1c[n+](C)c(-c2cc(-c3ccccc3)ccc2C)cc1C. The number of hydrogen-bond donors (Lipinski definition) is 0. The van der Waals surface area contributed by atoms with Gasteiger partial charge in [-0.25, -0.2) is 4.57 Å². The summed E-state index contributed by atoms with van der Waals surface area (Å²) in [7, 11) is 1.90. The zero-order chi connectivity index (χ0) is 18.2. The number of nitrogens with zero attached hydrogens (tertiary/aromatic N) is 1. The Balaban J connectivity index is 2.15. The smallest absolute Gasteiger partial charge is 0.201 e. The summed E-state index contributed by atoms with van der Waals surface area (Å²) in [5.41, 5.74) is 6.80. The van der Waals surface area contributed by atoms with Crippen molar-refractivity contribution in [1.82, 2.24) is 0 Å².